The van der Waals surface area contributed by atoms with Gasteiger partial charge in [0.15, 0.2) is 5.78 Å². The number of rotatable bonds is 4. The van der Waals surface area contributed by atoms with Gasteiger partial charge in [-0.15, -0.1) is 0 Å². The summed E-state index contributed by atoms with van der Waals surface area (Å²) in [6.07, 6.45) is 2.78. The average Bonchev–Trinajstić information content (AvgIpc) is 2.44. The molecule has 0 heterocycles. The molecule has 0 radical (unpaired) electrons. The van der Waals surface area contributed by atoms with Crippen molar-refractivity contribution in [1.29, 1.82) is 0 Å². The molecule has 0 bridgehead atoms. The molecule has 0 atom stereocenters. The number of benzene rings is 2. The molecule has 0 spiro atoms. The highest BCUT2D eigenvalue weighted by atomic mass is 79.9. The zero-order valence-electron chi connectivity index (χ0n) is 10.6. The SMILES string of the molecule is O=C(/C=C/c1cc(Br)ccc1[N+](=O)[O-])c1cccc(Br)c1. The number of hydrogen-bond acceptors (Lipinski definition) is 3. The van der Waals surface area contributed by atoms with E-state index >= 15 is 0 Å². The molecule has 0 unspecified atom stereocenters. The number of nitrogens with zero attached hydrogens (tertiary/aromatic N) is 1. The smallest absolute Gasteiger partial charge is 0.276 e. The number of nitro groups is 1. The van der Waals surface area contributed by atoms with Crippen molar-refractivity contribution in [2.24, 2.45) is 0 Å². The number of nitro benzene ring substituents is 1. The third kappa shape index (κ3) is 4.09. The van der Waals surface area contributed by atoms with Crippen molar-refractivity contribution in [3.8, 4) is 0 Å². The van der Waals surface area contributed by atoms with Crippen molar-refractivity contribution in [2.45, 2.75) is 0 Å². The highest BCUT2D eigenvalue weighted by Crippen LogP contribution is 2.24. The zero-order valence-corrected chi connectivity index (χ0v) is 13.8. The third-order valence-electron chi connectivity index (χ3n) is 2.71. The zero-order chi connectivity index (χ0) is 15.4. The van der Waals surface area contributed by atoms with Gasteiger partial charge < -0.3 is 0 Å². The van der Waals surface area contributed by atoms with Crippen LogP contribution in [0.15, 0.2) is 57.5 Å². The number of carbonyl (C=O) groups excluding carboxylic acids is 1. The molecule has 2 rings (SSSR count). The van der Waals surface area contributed by atoms with Gasteiger partial charge in [-0.2, -0.15) is 0 Å². The molecule has 6 heteroatoms. The Morgan fingerprint density at radius 3 is 2.48 bits per heavy atom. The third-order valence-corrected chi connectivity index (χ3v) is 3.70. The lowest BCUT2D eigenvalue weighted by atomic mass is 10.1. The molecule has 2 aromatic carbocycles. The fourth-order valence-electron chi connectivity index (χ4n) is 1.73. The maximum Gasteiger partial charge on any atom is 0.276 e. The van der Waals surface area contributed by atoms with Crippen LogP contribution in [-0.4, -0.2) is 10.7 Å². The lowest BCUT2D eigenvalue weighted by Gasteiger charge is -1.99. The summed E-state index contributed by atoms with van der Waals surface area (Å²) in [5.74, 6) is -0.217. The van der Waals surface area contributed by atoms with Gasteiger partial charge in [-0.25, -0.2) is 0 Å². The minimum absolute atomic E-state index is 0.0449. The maximum absolute atomic E-state index is 12.0. The second-order valence-corrected chi connectivity index (χ2v) is 6.00. The van der Waals surface area contributed by atoms with Crippen molar-refractivity contribution in [3.05, 3.63) is 78.7 Å². The second kappa shape index (κ2) is 6.78. The van der Waals surface area contributed by atoms with E-state index in [9.17, 15) is 14.9 Å². The standard InChI is InChI=1S/C15H9Br2NO3/c16-12-3-1-2-11(9-12)15(19)7-4-10-8-13(17)5-6-14(10)18(20)21/h1-9H/b7-4+. The molecule has 4 nitrogen and oxygen atoms in total. The van der Waals surface area contributed by atoms with Crippen molar-refractivity contribution < 1.29 is 9.72 Å². The molecule has 0 aliphatic rings. The number of halogens is 2. The van der Waals surface area contributed by atoms with Crippen LogP contribution >= 0.6 is 31.9 Å². The van der Waals surface area contributed by atoms with E-state index < -0.39 is 4.92 Å². The van der Waals surface area contributed by atoms with Crippen LogP contribution in [0.3, 0.4) is 0 Å². The van der Waals surface area contributed by atoms with E-state index in [1.807, 2.05) is 6.07 Å². The summed E-state index contributed by atoms with van der Waals surface area (Å²) < 4.78 is 1.51. The Balaban J connectivity index is 2.31. The molecule has 2 aromatic rings. The van der Waals surface area contributed by atoms with E-state index in [0.717, 1.165) is 4.47 Å². The molecular weight excluding hydrogens is 402 g/mol. The van der Waals surface area contributed by atoms with Crippen molar-refractivity contribution in [3.63, 3.8) is 0 Å². The van der Waals surface area contributed by atoms with E-state index in [2.05, 4.69) is 31.9 Å². The minimum Gasteiger partial charge on any atom is -0.289 e. The number of allylic oxidation sites excluding steroid dienone is 1. The van der Waals surface area contributed by atoms with Crippen molar-refractivity contribution in [1.82, 2.24) is 0 Å². The molecule has 21 heavy (non-hydrogen) atoms. The van der Waals surface area contributed by atoms with Gasteiger partial charge in [0.1, 0.15) is 0 Å². The highest BCUT2D eigenvalue weighted by molar-refractivity contribution is 9.10. The topological polar surface area (TPSA) is 60.2 Å². The van der Waals surface area contributed by atoms with Crippen LogP contribution in [0, 0.1) is 10.1 Å². The van der Waals surface area contributed by atoms with Crippen LogP contribution in [0.5, 0.6) is 0 Å². The largest absolute Gasteiger partial charge is 0.289 e. The highest BCUT2D eigenvalue weighted by Gasteiger charge is 2.12. The minimum atomic E-state index is -0.476. The summed E-state index contributed by atoms with van der Waals surface area (Å²) in [4.78, 5) is 22.5. The molecular formula is C15H9Br2NO3. The Bertz CT molecular complexity index is 741. The molecule has 106 valence electrons. The molecule has 0 fully saturated rings. The molecule has 0 amide bonds. The summed E-state index contributed by atoms with van der Waals surface area (Å²) in [6, 6.07) is 11.5. The van der Waals surface area contributed by atoms with Crippen LogP contribution < -0.4 is 0 Å². The van der Waals surface area contributed by atoms with Crippen molar-refractivity contribution >= 4 is 49.4 Å². The summed E-state index contributed by atoms with van der Waals surface area (Å²) in [7, 11) is 0. The average molecular weight is 411 g/mol. The Hall–Kier alpha value is -1.79. The van der Waals surface area contributed by atoms with Crippen molar-refractivity contribution in [2.75, 3.05) is 0 Å². The van der Waals surface area contributed by atoms with Gasteiger partial charge in [-0.05, 0) is 36.4 Å². The maximum atomic E-state index is 12.0. The fourth-order valence-corrected chi connectivity index (χ4v) is 2.51. The first kappa shape index (κ1) is 15.6. The summed E-state index contributed by atoms with van der Waals surface area (Å²) >= 11 is 6.55. The number of hydrogen-bond donors (Lipinski definition) is 0. The van der Waals surface area contributed by atoms with E-state index in [0.29, 0.717) is 15.6 Å². The van der Waals surface area contributed by atoms with Gasteiger partial charge in [0.25, 0.3) is 5.69 Å². The van der Waals surface area contributed by atoms with E-state index in [-0.39, 0.29) is 11.5 Å². The predicted molar refractivity (Wildman–Crippen MR) is 88.3 cm³/mol. The van der Waals surface area contributed by atoms with Gasteiger partial charge in [-0.1, -0.05) is 44.0 Å². The lowest BCUT2D eigenvalue weighted by molar-refractivity contribution is -0.385. The molecule has 0 aliphatic heterocycles. The van der Waals surface area contributed by atoms with Gasteiger partial charge in [0.2, 0.25) is 0 Å². The second-order valence-electron chi connectivity index (χ2n) is 4.17. The Morgan fingerprint density at radius 2 is 1.81 bits per heavy atom. The molecule has 0 N–H and O–H groups in total. The Kier molecular flexibility index (Phi) is 5.03. The molecule has 0 saturated heterocycles. The summed E-state index contributed by atoms with van der Waals surface area (Å²) in [6.45, 7) is 0. The Morgan fingerprint density at radius 1 is 1.10 bits per heavy atom. The van der Waals surface area contributed by atoms with Crippen LogP contribution in [0.2, 0.25) is 0 Å². The van der Waals surface area contributed by atoms with Crippen LogP contribution in [0.25, 0.3) is 6.08 Å². The van der Waals surface area contributed by atoms with Gasteiger partial charge in [0, 0.05) is 20.6 Å². The van der Waals surface area contributed by atoms with Crippen LogP contribution in [0.1, 0.15) is 15.9 Å². The Labute approximate surface area is 137 Å². The fraction of sp³-hybridized carbons (Fsp3) is 0. The monoisotopic (exact) mass is 409 g/mol. The summed E-state index contributed by atoms with van der Waals surface area (Å²) in [5.41, 5.74) is 0.840. The normalized spacial score (nSPS) is 10.8. The first-order chi connectivity index (χ1) is 9.97. The van der Waals surface area contributed by atoms with E-state index in [1.165, 1.54) is 18.2 Å². The van der Waals surface area contributed by atoms with Gasteiger partial charge >= 0.3 is 0 Å². The number of ketones is 1. The first-order valence-electron chi connectivity index (χ1n) is 5.89. The lowest BCUT2D eigenvalue weighted by Crippen LogP contribution is -1.95. The van der Waals surface area contributed by atoms with Crippen LogP contribution in [-0.2, 0) is 0 Å². The predicted octanol–water partition coefficient (Wildman–Crippen LogP) is 5.02. The quantitative estimate of drug-likeness (QED) is 0.308. The van der Waals surface area contributed by atoms with Crippen LogP contribution in [0.4, 0.5) is 5.69 Å². The number of carbonyl (C=O) groups is 1. The molecule has 0 saturated carbocycles. The first-order valence-corrected chi connectivity index (χ1v) is 7.48. The molecule has 0 aromatic heterocycles. The summed E-state index contributed by atoms with van der Waals surface area (Å²) in [5, 5.41) is 11.0. The van der Waals surface area contributed by atoms with Gasteiger partial charge in [0.05, 0.1) is 10.5 Å². The van der Waals surface area contributed by atoms with E-state index in [4.69, 9.17) is 0 Å². The van der Waals surface area contributed by atoms with Gasteiger partial charge in [-0.3, -0.25) is 14.9 Å². The molecule has 0 aliphatic carbocycles. The van der Waals surface area contributed by atoms with E-state index in [1.54, 1.807) is 30.3 Å².